The Morgan fingerprint density at radius 1 is 1.35 bits per heavy atom. The van der Waals surface area contributed by atoms with Gasteiger partial charge in [-0.1, -0.05) is 0 Å². The number of hydrogen-bond acceptors (Lipinski definition) is 4. The maximum absolute atomic E-state index is 11.5. The van der Waals surface area contributed by atoms with Crippen molar-refractivity contribution in [1.82, 2.24) is 10.6 Å². The molecule has 1 unspecified atom stereocenters. The normalized spacial score (nSPS) is 12.9. The molecular weight excluding hydrogens is 228 g/mol. The lowest BCUT2D eigenvalue weighted by Crippen LogP contribution is -2.52. The van der Waals surface area contributed by atoms with E-state index < -0.39 is 23.6 Å². The number of nitrogens with one attached hydrogen (secondary N) is 2. The Bertz CT molecular complexity index is 267. The van der Waals surface area contributed by atoms with Crippen molar-refractivity contribution in [3.63, 3.8) is 0 Å². The number of carboxylic acid groups (broad SMARTS) is 1. The van der Waals surface area contributed by atoms with E-state index >= 15 is 0 Å². The number of carbonyl (C=O) groups is 2. The van der Waals surface area contributed by atoms with Crippen LogP contribution < -0.4 is 10.6 Å². The molecule has 0 fully saturated rings. The molecule has 0 rings (SSSR count). The maximum atomic E-state index is 11.5. The molecule has 0 spiro atoms. The number of carbonyl (C=O) groups excluding carboxylic acids is 1. The van der Waals surface area contributed by atoms with Gasteiger partial charge < -0.3 is 25.2 Å². The molecule has 0 aliphatic carbocycles. The van der Waals surface area contributed by atoms with Gasteiger partial charge in [0, 0.05) is 14.2 Å². The molecule has 0 bridgehead atoms. The average Bonchev–Trinajstić information content (AvgIpc) is 2.16. The number of ether oxygens (including phenoxy) is 2. The van der Waals surface area contributed by atoms with Crippen LogP contribution in [-0.4, -0.2) is 56.1 Å². The highest BCUT2D eigenvalue weighted by Crippen LogP contribution is 2.01. The molecule has 3 N–H and O–H groups in total. The molecule has 7 heteroatoms. The SMILES string of the molecule is COCC(C)(C)NC(=O)NCC(OC)C(=O)O. The molecule has 0 aliphatic heterocycles. The number of carboxylic acids is 1. The first-order valence-corrected chi connectivity index (χ1v) is 5.13. The molecular formula is C10H20N2O5. The van der Waals surface area contributed by atoms with Crippen molar-refractivity contribution >= 4 is 12.0 Å². The largest absolute Gasteiger partial charge is 0.479 e. The van der Waals surface area contributed by atoms with E-state index in [2.05, 4.69) is 15.4 Å². The number of urea groups is 1. The summed E-state index contributed by atoms with van der Waals surface area (Å²) in [5.41, 5.74) is -0.523. The standard InChI is InChI=1S/C10H20N2O5/c1-10(2,6-16-3)12-9(15)11-5-7(17-4)8(13)14/h7H,5-6H2,1-4H3,(H,13,14)(H2,11,12,15). The Balaban J connectivity index is 4.06. The fourth-order valence-electron chi connectivity index (χ4n) is 1.21. The first-order valence-electron chi connectivity index (χ1n) is 5.13. The smallest absolute Gasteiger partial charge is 0.334 e. The van der Waals surface area contributed by atoms with E-state index in [1.807, 2.05) is 0 Å². The number of aliphatic carboxylic acids is 1. The highest BCUT2D eigenvalue weighted by Gasteiger charge is 2.22. The lowest BCUT2D eigenvalue weighted by atomic mass is 10.1. The van der Waals surface area contributed by atoms with Crippen LogP contribution >= 0.6 is 0 Å². The van der Waals surface area contributed by atoms with Crippen molar-refractivity contribution in [3.8, 4) is 0 Å². The zero-order chi connectivity index (χ0) is 13.5. The summed E-state index contributed by atoms with van der Waals surface area (Å²) in [4.78, 5) is 22.1. The first kappa shape index (κ1) is 15.7. The topological polar surface area (TPSA) is 96.9 Å². The molecule has 0 aromatic carbocycles. The molecule has 17 heavy (non-hydrogen) atoms. The van der Waals surface area contributed by atoms with Gasteiger partial charge in [0.05, 0.1) is 18.7 Å². The van der Waals surface area contributed by atoms with Crippen LogP contribution in [0.2, 0.25) is 0 Å². The monoisotopic (exact) mass is 248 g/mol. The van der Waals surface area contributed by atoms with Crippen molar-refractivity contribution in [3.05, 3.63) is 0 Å². The lowest BCUT2D eigenvalue weighted by Gasteiger charge is -2.25. The summed E-state index contributed by atoms with van der Waals surface area (Å²) >= 11 is 0. The summed E-state index contributed by atoms with van der Waals surface area (Å²) in [6.07, 6.45) is -1.05. The predicted molar refractivity (Wildman–Crippen MR) is 60.9 cm³/mol. The van der Waals surface area contributed by atoms with Gasteiger partial charge in [-0.3, -0.25) is 0 Å². The Morgan fingerprint density at radius 3 is 2.35 bits per heavy atom. The fraction of sp³-hybridized carbons (Fsp3) is 0.800. The quantitative estimate of drug-likeness (QED) is 0.580. The van der Waals surface area contributed by atoms with Crippen molar-refractivity contribution in [1.29, 1.82) is 0 Å². The van der Waals surface area contributed by atoms with Crippen LogP contribution in [0, 0.1) is 0 Å². The summed E-state index contributed by atoms with van der Waals surface area (Å²) in [5, 5.41) is 13.8. The van der Waals surface area contributed by atoms with Gasteiger partial charge in [0.1, 0.15) is 0 Å². The second-order valence-corrected chi connectivity index (χ2v) is 4.21. The van der Waals surface area contributed by atoms with Crippen LogP contribution in [0.25, 0.3) is 0 Å². The molecule has 0 saturated heterocycles. The molecule has 0 aromatic heterocycles. The van der Waals surface area contributed by atoms with E-state index in [0.717, 1.165) is 0 Å². The highest BCUT2D eigenvalue weighted by atomic mass is 16.5. The first-order chi connectivity index (χ1) is 7.82. The van der Waals surface area contributed by atoms with E-state index in [0.29, 0.717) is 6.61 Å². The van der Waals surface area contributed by atoms with Gasteiger partial charge in [-0.05, 0) is 13.8 Å². The lowest BCUT2D eigenvalue weighted by molar-refractivity contribution is -0.147. The van der Waals surface area contributed by atoms with Gasteiger partial charge in [0.15, 0.2) is 6.10 Å². The van der Waals surface area contributed by atoms with E-state index in [9.17, 15) is 9.59 Å². The zero-order valence-corrected chi connectivity index (χ0v) is 10.6. The van der Waals surface area contributed by atoms with Crippen molar-refractivity contribution in [2.75, 3.05) is 27.4 Å². The second kappa shape index (κ2) is 7.08. The number of methoxy groups -OCH3 is 2. The van der Waals surface area contributed by atoms with Crippen LogP contribution in [0.5, 0.6) is 0 Å². The Labute approximate surface area is 100 Å². The fourth-order valence-corrected chi connectivity index (χ4v) is 1.21. The van der Waals surface area contributed by atoms with Crippen LogP contribution in [-0.2, 0) is 14.3 Å². The third-order valence-corrected chi connectivity index (χ3v) is 1.97. The molecule has 7 nitrogen and oxygen atoms in total. The van der Waals surface area contributed by atoms with Crippen molar-refractivity contribution < 1.29 is 24.2 Å². The van der Waals surface area contributed by atoms with Crippen LogP contribution in [0.1, 0.15) is 13.8 Å². The van der Waals surface area contributed by atoms with Crippen molar-refractivity contribution in [2.45, 2.75) is 25.5 Å². The maximum Gasteiger partial charge on any atom is 0.334 e. The molecule has 0 heterocycles. The van der Waals surface area contributed by atoms with Crippen molar-refractivity contribution in [2.24, 2.45) is 0 Å². The minimum absolute atomic E-state index is 0.0965. The molecule has 1 atom stereocenters. The Kier molecular flexibility index (Phi) is 6.52. The minimum Gasteiger partial charge on any atom is -0.479 e. The van der Waals surface area contributed by atoms with E-state index in [-0.39, 0.29) is 6.54 Å². The number of rotatable bonds is 7. The van der Waals surface area contributed by atoms with Gasteiger partial charge in [-0.2, -0.15) is 0 Å². The van der Waals surface area contributed by atoms with Gasteiger partial charge in [0.25, 0.3) is 0 Å². The summed E-state index contributed by atoms with van der Waals surface area (Å²) in [5.74, 6) is -1.12. The Morgan fingerprint density at radius 2 is 1.94 bits per heavy atom. The minimum atomic E-state index is -1.12. The summed E-state index contributed by atoms with van der Waals surface area (Å²) in [6.45, 7) is 3.84. The highest BCUT2D eigenvalue weighted by molar-refractivity contribution is 5.77. The third-order valence-electron chi connectivity index (χ3n) is 1.97. The number of amides is 2. The third kappa shape index (κ3) is 6.75. The van der Waals surface area contributed by atoms with Gasteiger partial charge >= 0.3 is 12.0 Å². The van der Waals surface area contributed by atoms with Crippen LogP contribution in [0.4, 0.5) is 4.79 Å². The molecule has 0 aliphatic rings. The zero-order valence-electron chi connectivity index (χ0n) is 10.6. The summed E-state index contributed by atoms with van der Waals surface area (Å²) in [6, 6.07) is -0.463. The molecule has 2 amide bonds. The molecule has 0 aromatic rings. The summed E-state index contributed by atoms with van der Waals surface area (Å²) in [7, 11) is 2.81. The number of hydrogen-bond donors (Lipinski definition) is 3. The van der Waals surface area contributed by atoms with Gasteiger partial charge in [-0.15, -0.1) is 0 Å². The van der Waals surface area contributed by atoms with E-state index in [4.69, 9.17) is 9.84 Å². The molecule has 100 valence electrons. The van der Waals surface area contributed by atoms with Gasteiger partial charge in [-0.25, -0.2) is 9.59 Å². The van der Waals surface area contributed by atoms with Crippen LogP contribution in [0.15, 0.2) is 0 Å². The van der Waals surface area contributed by atoms with Crippen LogP contribution in [0.3, 0.4) is 0 Å². The predicted octanol–water partition coefficient (Wildman–Crippen LogP) is -0.190. The van der Waals surface area contributed by atoms with Gasteiger partial charge in [0.2, 0.25) is 0 Å². The van der Waals surface area contributed by atoms with E-state index in [1.54, 1.807) is 13.8 Å². The van der Waals surface area contributed by atoms with E-state index in [1.165, 1.54) is 14.2 Å². The molecule has 0 radical (unpaired) electrons. The summed E-state index contributed by atoms with van der Waals surface area (Å²) < 4.78 is 9.60. The second-order valence-electron chi connectivity index (χ2n) is 4.21. The Hall–Kier alpha value is -1.34. The average molecular weight is 248 g/mol. The molecule has 0 saturated carbocycles.